The van der Waals surface area contributed by atoms with Crippen molar-refractivity contribution in [3.8, 4) is 0 Å². The molecule has 0 aromatic heterocycles. The van der Waals surface area contributed by atoms with Crippen molar-refractivity contribution in [3.63, 3.8) is 0 Å². The summed E-state index contributed by atoms with van der Waals surface area (Å²) in [5.74, 6) is 0.228. The maximum absolute atomic E-state index is 13.3. The minimum atomic E-state index is -0.104. The molecule has 1 aromatic carbocycles. The number of piperazine rings is 1. The highest BCUT2D eigenvalue weighted by Crippen LogP contribution is 2.31. The summed E-state index contributed by atoms with van der Waals surface area (Å²) in [6, 6.07) is 7.70. The first-order chi connectivity index (χ1) is 12.6. The van der Waals surface area contributed by atoms with Crippen LogP contribution in [-0.4, -0.2) is 54.3 Å². The first-order valence-electron chi connectivity index (χ1n) is 9.65. The Morgan fingerprint density at radius 2 is 2.08 bits per heavy atom. The van der Waals surface area contributed by atoms with Crippen molar-refractivity contribution in [1.29, 1.82) is 0 Å². The molecule has 2 fully saturated rings. The van der Waals surface area contributed by atoms with E-state index < -0.39 is 0 Å². The summed E-state index contributed by atoms with van der Waals surface area (Å²) in [5.41, 5.74) is 0.990. The smallest absolute Gasteiger partial charge is 0.228 e. The van der Waals surface area contributed by atoms with E-state index in [9.17, 15) is 9.59 Å². The third-order valence-corrected chi connectivity index (χ3v) is 5.72. The highest BCUT2D eigenvalue weighted by Gasteiger charge is 2.35. The van der Waals surface area contributed by atoms with Gasteiger partial charge in [0.05, 0.1) is 12.0 Å². The zero-order chi connectivity index (χ0) is 18.5. The first-order valence-corrected chi connectivity index (χ1v) is 10.0. The maximum atomic E-state index is 13.3. The Morgan fingerprint density at radius 1 is 1.27 bits per heavy atom. The molecule has 1 N–H and O–H groups in total. The van der Waals surface area contributed by atoms with E-state index >= 15 is 0 Å². The number of hydrogen-bond acceptors (Lipinski definition) is 3. The number of carbonyl (C=O) groups excluding carboxylic acids is 2. The van der Waals surface area contributed by atoms with Crippen LogP contribution in [0.5, 0.6) is 0 Å². The van der Waals surface area contributed by atoms with Crippen LogP contribution in [-0.2, 0) is 9.59 Å². The van der Waals surface area contributed by atoms with Crippen LogP contribution in [0.15, 0.2) is 24.3 Å². The zero-order valence-corrected chi connectivity index (χ0v) is 16.2. The number of nitrogens with zero attached hydrogens (tertiary/aromatic N) is 2. The van der Waals surface area contributed by atoms with Crippen LogP contribution in [0.1, 0.15) is 44.2 Å². The lowest BCUT2D eigenvalue weighted by molar-refractivity contribution is -0.143. The quantitative estimate of drug-likeness (QED) is 0.877. The molecule has 2 heterocycles. The molecule has 2 saturated heterocycles. The molecular weight excluding hydrogens is 350 g/mol. The average molecular weight is 378 g/mol. The summed E-state index contributed by atoms with van der Waals surface area (Å²) < 4.78 is 0. The molecule has 1 aromatic rings. The van der Waals surface area contributed by atoms with Gasteiger partial charge in [0.25, 0.3) is 0 Å². The predicted molar refractivity (Wildman–Crippen MR) is 103 cm³/mol. The Kier molecular flexibility index (Phi) is 6.54. The predicted octanol–water partition coefficient (Wildman–Crippen LogP) is 2.85. The van der Waals surface area contributed by atoms with E-state index in [1.807, 2.05) is 41.0 Å². The van der Waals surface area contributed by atoms with Gasteiger partial charge in [-0.05, 0) is 30.9 Å². The van der Waals surface area contributed by atoms with Gasteiger partial charge in [-0.15, -0.1) is 0 Å². The summed E-state index contributed by atoms with van der Waals surface area (Å²) in [7, 11) is 0. The fraction of sp³-hybridized carbons (Fsp3) is 0.600. The van der Waals surface area contributed by atoms with E-state index in [4.69, 9.17) is 11.6 Å². The zero-order valence-electron chi connectivity index (χ0n) is 15.4. The van der Waals surface area contributed by atoms with Gasteiger partial charge >= 0.3 is 0 Å². The van der Waals surface area contributed by atoms with Crippen LogP contribution < -0.4 is 5.32 Å². The van der Waals surface area contributed by atoms with Crippen LogP contribution in [0.4, 0.5) is 0 Å². The number of rotatable bonds is 4. The van der Waals surface area contributed by atoms with Crippen molar-refractivity contribution in [2.24, 2.45) is 5.92 Å². The fourth-order valence-corrected chi connectivity index (χ4v) is 4.26. The second-order valence-corrected chi connectivity index (χ2v) is 7.61. The van der Waals surface area contributed by atoms with Gasteiger partial charge in [0.2, 0.25) is 11.8 Å². The minimum Gasteiger partial charge on any atom is -0.342 e. The molecule has 5 nitrogen and oxygen atoms in total. The van der Waals surface area contributed by atoms with E-state index in [0.29, 0.717) is 31.1 Å². The van der Waals surface area contributed by atoms with Crippen molar-refractivity contribution in [3.05, 3.63) is 34.9 Å². The van der Waals surface area contributed by atoms with Crippen LogP contribution in [0, 0.1) is 5.92 Å². The van der Waals surface area contributed by atoms with Gasteiger partial charge in [-0.1, -0.05) is 36.7 Å². The van der Waals surface area contributed by atoms with Crippen molar-refractivity contribution in [2.75, 3.05) is 32.7 Å². The number of amides is 2. The molecule has 2 unspecified atom stereocenters. The molecule has 0 spiro atoms. The summed E-state index contributed by atoms with van der Waals surface area (Å²) in [4.78, 5) is 29.4. The second-order valence-electron chi connectivity index (χ2n) is 7.20. The van der Waals surface area contributed by atoms with E-state index in [-0.39, 0.29) is 23.8 Å². The van der Waals surface area contributed by atoms with Gasteiger partial charge < -0.3 is 15.1 Å². The molecule has 0 aliphatic carbocycles. The number of piperidine rings is 1. The number of carbonyl (C=O) groups is 2. The van der Waals surface area contributed by atoms with Crippen molar-refractivity contribution in [2.45, 2.75) is 38.6 Å². The molecule has 142 valence electrons. The number of nitrogens with one attached hydrogen (secondary N) is 1. The Bertz CT molecular complexity index is 652. The third-order valence-electron chi connectivity index (χ3n) is 5.38. The highest BCUT2D eigenvalue weighted by atomic mass is 35.5. The van der Waals surface area contributed by atoms with Crippen LogP contribution in [0.2, 0.25) is 5.02 Å². The molecule has 6 heteroatoms. The molecule has 0 bridgehead atoms. The number of hydrogen-bond donors (Lipinski definition) is 1. The molecule has 2 aliphatic heterocycles. The molecule has 2 amide bonds. The molecule has 26 heavy (non-hydrogen) atoms. The normalized spacial score (nSPS) is 23.8. The molecule has 0 radical (unpaired) electrons. The molecular formula is C20H28ClN3O2. The van der Waals surface area contributed by atoms with Crippen LogP contribution in [0.25, 0.3) is 0 Å². The first kappa shape index (κ1) is 19.2. The van der Waals surface area contributed by atoms with Crippen molar-refractivity contribution >= 4 is 23.4 Å². The standard InChI is InChI=1S/C20H28ClN3O2/c1-2-6-19(25)23-11-5-7-15(14-23)20(26)24-12-10-22-13-18(24)16-8-3-4-9-17(16)21/h3-4,8-9,15,18,22H,2,5-7,10-14H2,1H3. The Balaban J connectivity index is 1.74. The maximum Gasteiger partial charge on any atom is 0.228 e. The molecule has 2 atom stereocenters. The van der Waals surface area contributed by atoms with Gasteiger partial charge in [-0.3, -0.25) is 9.59 Å². The molecule has 0 saturated carbocycles. The third kappa shape index (κ3) is 4.21. The second kappa shape index (κ2) is 8.87. The van der Waals surface area contributed by atoms with Crippen molar-refractivity contribution in [1.82, 2.24) is 15.1 Å². The summed E-state index contributed by atoms with van der Waals surface area (Å²) in [6.07, 6.45) is 3.17. The number of likely N-dealkylation sites (tertiary alicyclic amines) is 1. The average Bonchev–Trinajstić information content (AvgIpc) is 2.68. The fourth-order valence-electron chi connectivity index (χ4n) is 4.00. The van der Waals surface area contributed by atoms with Gasteiger partial charge in [0.1, 0.15) is 0 Å². The SMILES string of the molecule is CCCC(=O)N1CCCC(C(=O)N2CCNCC2c2ccccc2Cl)C1. The molecule has 2 aliphatic rings. The van der Waals surface area contributed by atoms with Gasteiger partial charge in [-0.2, -0.15) is 0 Å². The lowest BCUT2D eigenvalue weighted by atomic mass is 9.93. The van der Waals surface area contributed by atoms with E-state index in [1.54, 1.807) is 0 Å². The van der Waals surface area contributed by atoms with Crippen molar-refractivity contribution < 1.29 is 9.59 Å². The highest BCUT2D eigenvalue weighted by molar-refractivity contribution is 6.31. The summed E-state index contributed by atoms with van der Waals surface area (Å²) in [5, 5.41) is 4.07. The van der Waals surface area contributed by atoms with Gasteiger partial charge in [0.15, 0.2) is 0 Å². The summed E-state index contributed by atoms with van der Waals surface area (Å²) in [6.45, 7) is 5.51. The van der Waals surface area contributed by atoms with Crippen LogP contribution >= 0.6 is 11.6 Å². The van der Waals surface area contributed by atoms with E-state index in [2.05, 4.69) is 5.32 Å². The molecule has 3 rings (SSSR count). The summed E-state index contributed by atoms with van der Waals surface area (Å²) >= 11 is 6.39. The Morgan fingerprint density at radius 3 is 2.85 bits per heavy atom. The topological polar surface area (TPSA) is 52.7 Å². The number of benzene rings is 1. The monoisotopic (exact) mass is 377 g/mol. The Hall–Kier alpha value is -1.59. The van der Waals surface area contributed by atoms with Gasteiger partial charge in [0, 0.05) is 44.2 Å². The lowest BCUT2D eigenvalue weighted by Crippen LogP contribution is -2.53. The largest absolute Gasteiger partial charge is 0.342 e. The van der Waals surface area contributed by atoms with Gasteiger partial charge in [-0.25, -0.2) is 0 Å². The lowest BCUT2D eigenvalue weighted by Gasteiger charge is -2.41. The number of halogens is 1. The minimum absolute atomic E-state index is 0.0494. The van der Waals surface area contributed by atoms with E-state index in [1.165, 1.54) is 0 Å². The Labute approximate surface area is 160 Å². The van der Waals surface area contributed by atoms with E-state index in [0.717, 1.165) is 37.9 Å². The van der Waals surface area contributed by atoms with Crippen LogP contribution in [0.3, 0.4) is 0 Å².